The molecule has 0 aromatic heterocycles. The van der Waals surface area contributed by atoms with E-state index in [9.17, 15) is 15.3 Å². The molecule has 0 bridgehead atoms. The molecule has 0 aliphatic heterocycles. The van der Waals surface area contributed by atoms with E-state index in [1.165, 1.54) is 153 Å². The maximum absolute atomic E-state index is 11.9. The highest BCUT2D eigenvalue weighted by atomic mass is 16.3. The third-order valence-electron chi connectivity index (χ3n) is 16.6. The van der Waals surface area contributed by atoms with Gasteiger partial charge in [-0.1, -0.05) is 271 Å². The van der Waals surface area contributed by atoms with Gasteiger partial charge in [-0.15, -0.1) is 0 Å². The molecule has 0 aliphatic carbocycles. The van der Waals surface area contributed by atoms with Crippen molar-refractivity contribution in [3.8, 4) is 17.2 Å². The fraction of sp³-hybridized carbons (Fsp3) is 0.667. The minimum absolute atomic E-state index is 0.236. The summed E-state index contributed by atoms with van der Waals surface area (Å²) in [6.07, 6.45) is 26.4. The lowest BCUT2D eigenvalue weighted by Crippen LogP contribution is -2.19. The average molecular weight is 1030 g/mol. The number of aromatic hydroxyl groups is 3. The monoisotopic (exact) mass is 1030 g/mol. The molecule has 0 spiro atoms. The van der Waals surface area contributed by atoms with Crippen molar-refractivity contribution in [1.82, 2.24) is 0 Å². The number of hydrogen-bond donors (Lipinski definition) is 3. The van der Waals surface area contributed by atoms with Gasteiger partial charge in [-0.3, -0.25) is 0 Å². The number of phenols is 3. The molecule has 3 N–H and O–H groups in total. The van der Waals surface area contributed by atoms with Gasteiger partial charge in [0.1, 0.15) is 17.2 Å². The Bertz CT molecular complexity index is 2250. The SMILES string of the molecule is CCCCCCCCCCCCCCCCCCCc1c(Cc2cc(C(C)(C)C)c(O)c(C(C)(C)C)c2)c(C)c(Cc2cc(C(C)(C)C)c(O)c(C(C)(C)C)c2)c(C)c1Cc1cc(C(C)(C)C)c(O)c(C(C)(C)C)c1. The van der Waals surface area contributed by atoms with Crippen molar-refractivity contribution in [2.75, 3.05) is 0 Å². The Kier molecular flexibility index (Phi) is 22.4. The van der Waals surface area contributed by atoms with Crippen LogP contribution in [0.15, 0.2) is 36.4 Å². The molecule has 0 saturated carbocycles. The molecule has 0 amide bonds. The molecule has 3 nitrogen and oxygen atoms in total. The second-order valence-corrected chi connectivity index (χ2v) is 29.7. The normalized spacial score (nSPS) is 13.1. The molecule has 0 fully saturated rings. The quantitative estimate of drug-likeness (QED) is 0.0613. The molecule has 0 atom stereocenters. The highest BCUT2D eigenvalue weighted by Crippen LogP contribution is 2.45. The fourth-order valence-corrected chi connectivity index (χ4v) is 11.8. The van der Waals surface area contributed by atoms with Crippen LogP contribution in [0.3, 0.4) is 0 Å². The Hall–Kier alpha value is -3.72. The van der Waals surface area contributed by atoms with E-state index in [4.69, 9.17) is 0 Å². The third kappa shape index (κ3) is 17.9. The molecular weight excluding hydrogens is 913 g/mol. The van der Waals surface area contributed by atoms with Crippen molar-refractivity contribution < 1.29 is 15.3 Å². The Morgan fingerprint density at radius 3 is 0.693 bits per heavy atom. The standard InChI is InChI=1S/C72H114O3/c1-22-23-24-25-26-27-28-29-30-31-32-33-34-35-36-37-38-39-54-56(41-52-45-60(69(10,11)12)65(74)61(46-52)70(13,14)15)49(2)55(40-51-43-58(67(4,5)6)64(73)59(44-51)68(7,8)9)50(3)57(54)42-53-47-62(71(16,17)18)66(75)63(48-53)72(19,20)21/h43-48,73-75H,22-42H2,1-21H3. The first-order chi connectivity index (χ1) is 34.6. The van der Waals surface area contributed by atoms with E-state index in [2.05, 4.69) is 182 Å². The minimum Gasteiger partial charge on any atom is -0.507 e. The summed E-state index contributed by atoms with van der Waals surface area (Å²) < 4.78 is 0. The predicted octanol–water partition coefficient (Wildman–Crippen LogP) is 21.2. The Balaban J connectivity index is 1.89. The lowest BCUT2D eigenvalue weighted by molar-refractivity contribution is 0.422. The van der Waals surface area contributed by atoms with Gasteiger partial charge in [0.25, 0.3) is 0 Å². The summed E-state index contributed by atoms with van der Waals surface area (Å²) in [6, 6.07) is 13.8. The lowest BCUT2D eigenvalue weighted by atomic mass is 9.75. The van der Waals surface area contributed by atoms with Crippen molar-refractivity contribution in [2.45, 2.75) is 313 Å². The molecule has 0 aliphatic rings. The zero-order valence-corrected chi connectivity index (χ0v) is 52.7. The van der Waals surface area contributed by atoms with E-state index in [1.807, 2.05) is 0 Å². The van der Waals surface area contributed by atoms with E-state index in [-0.39, 0.29) is 32.5 Å². The Labute approximate surface area is 463 Å². The van der Waals surface area contributed by atoms with Gasteiger partial charge in [0, 0.05) is 0 Å². The smallest absolute Gasteiger partial charge is 0.123 e. The molecule has 75 heavy (non-hydrogen) atoms. The third-order valence-corrected chi connectivity index (χ3v) is 16.6. The van der Waals surface area contributed by atoms with Crippen molar-refractivity contribution in [2.24, 2.45) is 0 Å². The van der Waals surface area contributed by atoms with E-state index >= 15 is 0 Å². The van der Waals surface area contributed by atoms with Crippen LogP contribution in [0.4, 0.5) is 0 Å². The van der Waals surface area contributed by atoms with Crippen LogP contribution in [0.25, 0.3) is 0 Å². The lowest BCUT2D eigenvalue weighted by Gasteiger charge is -2.30. The van der Waals surface area contributed by atoms with Crippen molar-refractivity contribution in [3.05, 3.63) is 120 Å². The molecule has 4 aromatic carbocycles. The minimum atomic E-state index is -0.239. The molecule has 4 aromatic rings. The summed E-state index contributed by atoms with van der Waals surface area (Å²) in [7, 11) is 0. The highest BCUT2D eigenvalue weighted by Gasteiger charge is 2.31. The number of unbranched alkanes of at least 4 members (excludes halogenated alkanes) is 16. The van der Waals surface area contributed by atoms with Gasteiger partial charge in [-0.05, 0) is 162 Å². The van der Waals surface area contributed by atoms with Crippen LogP contribution < -0.4 is 0 Å². The molecule has 0 heterocycles. The van der Waals surface area contributed by atoms with Gasteiger partial charge < -0.3 is 15.3 Å². The van der Waals surface area contributed by atoms with Crippen LogP contribution in [0.1, 0.15) is 324 Å². The summed E-state index contributed by atoms with van der Waals surface area (Å²) in [5, 5.41) is 35.8. The zero-order valence-electron chi connectivity index (χ0n) is 52.7. The molecule has 3 heteroatoms. The first kappa shape index (κ1) is 63.8. The first-order valence-corrected chi connectivity index (χ1v) is 30.3. The van der Waals surface area contributed by atoms with Gasteiger partial charge in [-0.2, -0.15) is 0 Å². The van der Waals surface area contributed by atoms with Gasteiger partial charge in [-0.25, -0.2) is 0 Å². The zero-order chi connectivity index (χ0) is 56.5. The molecule has 0 saturated heterocycles. The number of hydrogen-bond acceptors (Lipinski definition) is 3. The molecule has 420 valence electrons. The van der Waals surface area contributed by atoms with E-state index in [1.54, 1.807) is 0 Å². The van der Waals surface area contributed by atoms with Crippen molar-refractivity contribution in [1.29, 1.82) is 0 Å². The molecular formula is C72H114O3. The maximum atomic E-state index is 11.9. The van der Waals surface area contributed by atoms with E-state index < -0.39 is 0 Å². The van der Waals surface area contributed by atoms with Crippen LogP contribution in [-0.4, -0.2) is 15.3 Å². The highest BCUT2D eigenvalue weighted by molar-refractivity contribution is 5.59. The van der Waals surface area contributed by atoms with Gasteiger partial charge in [0.2, 0.25) is 0 Å². The van der Waals surface area contributed by atoms with Crippen molar-refractivity contribution in [3.63, 3.8) is 0 Å². The summed E-state index contributed by atoms with van der Waals surface area (Å²) in [5.74, 6) is 1.28. The van der Waals surface area contributed by atoms with Crippen LogP contribution in [0.2, 0.25) is 0 Å². The number of rotatable bonds is 24. The maximum Gasteiger partial charge on any atom is 0.123 e. The number of phenolic OH excluding ortho intramolecular Hbond substituents is 3. The second-order valence-electron chi connectivity index (χ2n) is 29.7. The first-order valence-electron chi connectivity index (χ1n) is 30.3. The fourth-order valence-electron chi connectivity index (χ4n) is 11.8. The topological polar surface area (TPSA) is 60.7 Å². The van der Waals surface area contributed by atoms with Gasteiger partial charge in [0.05, 0.1) is 0 Å². The van der Waals surface area contributed by atoms with E-state index in [0.717, 1.165) is 65.5 Å². The summed E-state index contributed by atoms with van der Waals surface area (Å²) in [4.78, 5) is 0. The predicted molar refractivity (Wildman–Crippen MR) is 329 cm³/mol. The average Bonchev–Trinajstić information content (AvgIpc) is 3.27. The summed E-state index contributed by atoms with van der Waals surface area (Å²) in [6.45, 7) is 47.0. The van der Waals surface area contributed by atoms with Crippen LogP contribution in [-0.2, 0) is 58.2 Å². The Morgan fingerprint density at radius 2 is 0.480 bits per heavy atom. The largest absolute Gasteiger partial charge is 0.507 e. The summed E-state index contributed by atoms with van der Waals surface area (Å²) in [5.41, 5.74) is 16.7. The van der Waals surface area contributed by atoms with E-state index in [0.29, 0.717) is 17.2 Å². The van der Waals surface area contributed by atoms with Crippen LogP contribution in [0.5, 0.6) is 17.2 Å². The molecule has 4 rings (SSSR count). The van der Waals surface area contributed by atoms with Gasteiger partial charge in [0.15, 0.2) is 0 Å². The second kappa shape index (κ2) is 26.3. The molecule has 0 unspecified atom stereocenters. The van der Waals surface area contributed by atoms with Gasteiger partial charge >= 0.3 is 0 Å². The summed E-state index contributed by atoms with van der Waals surface area (Å²) >= 11 is 0. The molecule has 0 radical (unpaired) electrons. The van der Waals surface area contributed by atoms with Crippen LogP contribution in [0, 0.1) is 13.8 Å². The number of benzene rings is 4. The van der Waals surface area contributed by atoms with Crippen molar-refractivity contribution >= 4 is 0 Å². The van der Waals surface area contributed by atoms with Crippen LogP contribution >= 0.6 is 0 Å². The Morgan fingerprint density at radius 1 is 0.280 bits per heavy atom.